The molecule has 0 spiro atoms. The fraction of sp³-hybridized carbons (Fsp3) is 0.350. The molecule has 2 aromatic carbocycles. The molecule has 148 valence electrons. The maximum absolute atomic E-state index is 12.5. The van der Waals surface area contributed by atoms with Crippen molar-refractivity contribution in [2.75, 3.05) is 44.7 Å². The molecule has 0 bridgehead atoms. The summed E-state index contributed by atoms with van der Waals surface area (Å²) in [5, 5.41) is 11.4. The van der Waals surface area contributed by atoms with Crippen LogP contribution in [-0.2, 0) is 11.3 Å². The Morgan fingerprint density at radius 1 is 1.14 bits per heavy atom. The molecule has 1 aliphatic rings. The molecule has 3 rings (SSSR count). The van der Waals surface area contributed by atoms with Gasteiger partial charge in [0.1, 0.15) is 0 Å². The molecule has 1 fully saturated rings. The molecule has 1 saturated heterocycles. The first-order valence-corrected chi connectivity index (χ1v) is 9.50. The van der Waals surface area contributed by atoms with Crippen molar-refractivity contribution in [2.24, 2.45) is 0 Å². The van der Waals surface area contributed by atoms with Crippen LogP contribution in [-0.4, -0.2) is 60.4 Å². The number of halogens is 1. The summed E-state index contributed by atoms with van der Waals surface area (Å²) in [7, 11) is 1.80. The molecule has 0 aromatic heterocycles. The fourth-order valence-electron chi connectivity index (χ4n) is 3.26. The summed E-state index contributed by atoms with van der Waals surface area (Å²) in [5.74, 6) is 0.0729. The highest BCUT2D eigenvalue weighted by atomic mass is 35.5. The molecule has 7 nitrogen and oxygen atoms in total. The minimum Gasteiger partial charge on any atom is -0.369 e. The van der Waals surface area contributed by atoms with Gasteiger partial charge in [0, 0.05) is 62.6 Å². The molecule has 0 aliphatic carbocycles. The zero-order valence-corrected chi connectivity index (χ0v) is 16.5. The third-order valence-electron chi connectivity index (χ3n) is 4.89. The number of nitro groups is 1. The summed E-state index contributed by atoms with van der Waals surface area (Å²) < 4.78 is 0. The predicted molar refractivity (Wildman–Crippen MR) is 110 cm³/mol. The van der Waals surface area contributed by atoms with E-state index in [-0.39, 0.29) is 11.6 Å². The van der Waals surface area contributed by atoms with Crippen molar-refractivity contribution < 1.29 is 9.72 Å². The summed E-state index contributed by atoms with van der Waals surface area (Å²) >= 11 is 6.00. The van der Waals surface area contributed by atoms with Crippen LogP contribution in [0.3, 0.4) is 0 Å². The molecule has 0 radical (unpaired) electrons. The lowest BCUT2D eigenvalue weighted by molar-refractivity contribution is -0.384. The molecule has 0 atom stereocenters. The zero-order valence-electron chi connectivity index (χ0n) is 15.8. The maximum Gasteiger partial charge on any atom is 0.269 e. The van der Waals surface area contributed by atoms with Gasteiger partial charge < -0.3 is 9.80 Å². The van der Waals surface area contributed by atoms with E-state index in [9.17, 15) is 14.9 Å². The van der Waals surface area contributed by atoms with Crippen LogP contribution in [0.1, 0.15) is 5.56 Å². The van der Waals surface area contributed by atoms with E-state index in [1.165, 1.54) is 12.1 Å². The summed E-state index contributed by atoms with van der Waals surface area (Å²) in [5.41, 5.74) is 2.07. The van der Waals surface area contributed by atoms with Crippen molar-refractivity contribution in [2.45, 2.75) is 6.54 Å². The number of hydrogen-bond acceptors (Lipinski definition) is 5. The van der Waals surface area contributed by atoms with Gasteiger partial charge in [0.05, 0.1) is 11.5 Å². The number of likely N-dealkylation sites (N-methyl/N-ethyl adjacent to an activating group) is 1. The molecule has 1 aliphatic heterocycles. The number of carbonyl (C=O) groups is 1. The lowest BCUT2D eigenvalue weighted by Gasteiger charge is -2.36. The third kappa shape index (κ3) is 5.21. The van der Waals surface area contributed by atoms with E-state index < -0.39 is 4.92 Å². The Morgan fingerprint density at radius 2 is 1.82 bits per heavy atom. The number of nitro benzene ring substituents is 1. The Hall–Kier alpha value is -2.64. The van der Waals surface area contributed by atoms with Gasteiger partial charge in [-0.15, -0.1) is 0 Å². The Kier molecular flexibility index (Phi) is 6.49. The van der Waals surface area contributed by atoms with Gasteiger partial charge in [-0.1, -0.05) is 23.7 Å². The van der Waals surface area contributed by atoms with Crippen molar-refractivity contribution in [3.8, 4) is 0 Å². The normalized spacial score (nSPS) is 14.7. The largest absolute Gasteiger partial charge is 0.369 e. The van der Waals surface area contributed by atoms with Gasteiger partial charge in [-0.05, 0) is 29.8 Å². The van der Waals surface area contributed by atoms with Crippen LogP contribution in [0.25, 0.3) is 0 Å². The monoisotopic (exact) mass is 402 g/mol. The topological polar surface area (TPSA) is 69.9 Å². The predicted octanol–water partition coefficient (Wildman–Crippen LogP) is 3.03. The van der Waals surface area contributed by atoms with Crippen LogP contribution in [0.5, 0.6) is 0 Å². The molecule has 8 heteroatoms. The van der Waals surface area contributed by atoms with Gasteiger partial charge in [0.25, 0.3) is 5.69 Å². The first-order chi connectivity index (χ1) is 13.4. The molecule has 28 heavy (non-hydrogen) atoms. The van der Waals surface area contributed by atoms with E-state index in [0.29, 0.717) is 18.1 Å². The number of rotatable bonds is 6. The van der Waals surface area contributed by atoms with Gasteiger partial charge >= 0.3 is 0 Å². The van der Waals surface area contributed by atoms with E-state index in [1.54, 1.807) is 24.1 Å². The van der Waals surface area contributed by atoms with E-state index in [1.807, 2.05) is 24.3 Å². The van der Waals surface area contributed by atoms with Crippen LogP contribution in [0.15, 0.2) is 48.5 Å². The second-order valence-corrected chi connectivity index (χ2v) is 7.35. The standard InChI is InChI=1S/C20H23ClN4O3/c1-22(14-16-3-2-4-17(21)13-16)20(26)15-23-9-11-24(12-10-23)18-5-7-19(8-6-18)25(27)28/h2-8,13H,9-12,14-15H2,1H3. The number of hydrogen-bond donors (Lipinski definition) is 0. The number of non-ortho nitro benzene ring substituents is 1. The smallest absolute Gasteiger partial charge is 0.269 e. The molecular weight excluding hydrogens is 380 g/mol. The Labute approximate surface area is 169 Å². The van der Waals surface area contributed by atoms with Crippen LogP contribution in [0, 0.1) is 10.1 Å². The van der Waals surface area contributed by atoms with Gasteiger partial charge in [-0.2, -0.15) is 0 Å². The Balaban J connectivity index is 1.48. The molecule has 1 heterocycles. The van der Waals surface area contributed by atoms with Gasteiger partial charge in [-0.25, -0.2) is 0 Å². The summed E-state index contributed by atoms with van der Waals surface area (Å²) in [4.78, 5) is 28.9. The summed E-state index contributed by atoms with van der Waals surface area (Å²) in [6.07, 6.45) is 0. The maximum atomic E-state index is 12.5. The molecule has 0 N–H and O–H groups in total. The fourth-order valence-corrected chi connectivity index (χ4v) is 3.47. The molecular formula is C20H23ClN4O3. The lowest BCUT2D eigenvalue weighted by atomic mass is 10.2. The highest BCUT2D eigenvalue weighted by Gasteiger charge is 2.21. The molecule has 0 saturated carbocycles. The number of anilines is 1. The van der Waals surface area contributed by atoms with Crippen molar-refractivity contribution >= 4 is 28.9 Å². The van der Waals surface area contributed by atoms with E-state index in [4.69, 9.17) is 11.6 Å². The van der Waals surface area contributed by atoms with E-state index in [0.717, 1.165) is 37.4 Å². The number of amides is 1. The zero-order chi connectivity index (χ0) is 20.1. The summed E-state index contributed by atoms with van der Waals surface area (Å²) in [6.45, 7) is 4.01. The highest BCUT2D eigenvalue weighted by Crippen LogP contribution is 2.20. The SMILES string of the molecule is CN(Cc1cccc(Cl)c1)C(=O)CN1CCN(c2ccc([N+](=O)[O-])cc2)CC1. The third-order valence-corrected chi connectivity index (χ3v) is 5.13. The number of benzene rings is 2. The van der Waals surface area contributed by atoms with Crippen molar-refractivity contribution in [3.05, 3.63) is 69.2 Å². The van der Waals surface area contributed by atoms with Crippen molar-refractivity contribution in [3.63, 3.8) is 0 Å². The van der Waals surface area contributed by atoms with Crippen molar-refractivity contribution in [1.29, 1.82) is 0 Å². The number of carbonyl (C=O) groups excluding carboxylic acids is 1. The second-order valence-electron chi connectivity index (χ2n) is 6.92. The Morgan fingerprint density at radius 3 is 2.43 bits per heavy atom. The van der Waals surface area contributed by atoms with Gasteiger partial charge in [0.15, 0.2) is 0 Å². The molecule has 2 aromatic rings. The van der Waals surface area contributed by atoms with E-state index >= 15 is 0 Å². The minimum absolute atomic E-state index is 0.0729. The average Bonchev–Trinajstić information content (AvgIpc) is 2.68. The lowest BCUT2D eigenvalue weighted by Crippen LogP contribution is -2.49. The number of piperazine rings is 1. The van der Waals surface area contributed by atoms with Crippen LogP contribution in [0.2, 0.25) is 5.02 Å². The molecule has 0 unspecified atom stereocenters. The van der Waals surface area contributed by atoms with Gasteiger partial charge in [-0.3, -0.25) is 19.8 Å². The first-order valence-electron chi connectivity index (χ1n) is 9.12. The Bertz CT molecular complexity index is 836. The average molecular weight is 403 g/mol. The quantitative estimate of drug-likeness (QED) is 0.548. The van der Waals surface area contributed by atoms with Crippen LogP contribution < -0.4 is 4.90 Å². The van der Waals surface area contributed by atoms with E-state index in [2.05, 4.69) is 9.80 Å². The molecule has 1 amide bonds. The van der Waals surface area contributed by atoms with Gasteiger partial charge in [0.2, 0.25) is 5.91 Å². The highest BCUT2D eigenvalue weighted by molar-refractivity contribution is 6.30. The number of nitrogens with zero attached hydrogens (tertiary/aromatic N) is 4. The van der Waals surface area contributed by atoms with Crippen LogP contribution >= 0.6 is 11.6 Å². The summed E-state index contributed by atoms with van der Waals surface area (Å²) in [6, 6.07) is 14.1. The minimum atomic E-state index is -0.396. The van der Waals surface area contributed by atoms with Crippen molar-refractivity contribution in [1.82, 2.24) is 9.80 Å². The van der Waals surface area contributed by atoms with Crippen LogP contribution in [0.4, 0.5) is 11.4 Å². The first kappa shape index (κ1) is 20.1. The second kappa shape index (κ2) is 9.03.